The van der Waals surface area contributed by atoms with E-state index in [1.54, 1.807) is 17.8 Å². The van der Waals surface area contributed by atoms with Crippen molar-refractivity contribution in [2.75, 3.05) is 33.4 Å². The van der Waals surface area contributed by atoms with Gasteiger partial charge in [-0.25, -0.2) is 13.1 Å². The third-order valence-electron chi connectivity index (χ3n) is 3.70. The zero-order chi connectivity index (χ0) is 21.3. The highest BCUT2D eigenvalue weighted by atomic mass is 32.2. The minimum atomic E-state index is -3.82. The minimum Gasteiger partial charge on any atom is -0.464 e. The summed E-state index contributed by atoms with van der Waals surface area (Å²) in [6, 6.07) is 11.7. The highest BCUT2D eigenvalue weighted by Gasteiger charge is 2.16. The Hall–Kier alpha value is -2.48. The number of hydrogen-bond donors (Lipinski definition) is 2. The molecule has 2 N–H and O–H groups in total. The Morgan fingerprint density at radius 1 is 1.28 bits per heavy atom. The van der Waals surface area contributed by atoms with E-state index in [1.807, 2.05) is 37.2 Å². The number of sulfonamides is 1. The molecule has 10 heteroatoms. The number of nitrogens with zero attached hydrogens (tertiary/aromatic N) is 3. The van der Waals surface area contributed by atoms with Crippen LogP contribution in [0.15, 0.2) is 50.7 Å². The molecule has 0 unspecified atom stereocenters. The molecule has 1 aromatic heterocycles. The number of nitriles is 1. The quantitative estimate of drug-likeness (QED) is 0.352. The van der Waals surface area contributed by atoms with Crippen LogP contribution in [0.2, 0.25) is 0 Å². The number of rotatable bonds is 9. The molecule has 0 spiro atoms. The van der Waals surface area contributed by atoms with Gasteiger partial charge in [-0.1, -0.05) is 6.07 Å². The molecular weight excluding hydrogens is 410 g/mol. The molecule has 1 heterocycles. The van der Waals surface area contributed by atoms with Crippen LogP contribution in [0.1, 0.15) is 17.1 Å². The van der Waals surface area contributed by atoms with Gasteiger partial charge in [0.05, 0.1) is 28.8 Å². The lowest BCUT2D eigenvalue weighted by atomic mass is 10.2. The van der Waals surface area contributed by atoms with Crippen LogP contribution in [0.3, 0.4) is 0 Å². The van der Waals surface area contributed by atoms with E-state index in [0.29, 0.717) is 6.54 Å². The Balaban J connectivity index is 1.79. The molecular formula is C19H25N5O3S2. The van der Waals surface area contributed by atoms with Crippen molar-refractivity contribution < 1.29 is 12.8 Å². The second kappa shape index (κ2) is 10.9. The third-order valence-corrected chi connectivity index (χ3v) is 6.02. The van der Waals surface area contributed by atoms with Gasteiger partial charge >= 0.3 is 0 Å². The van der Waals surface area contributed by atoms with Gasteiger partial charge in [0.1, 0.15) is 11.5 Å². The first-order valence-electron chi connectivity index (χ1n) is 8.87. The maximum absolute atomic E-state index is 12.5. The summed E-state index contributed by atoms with van der Waals surface area (Å²) in [6.45, 7) is 1.29. The van der Waals surface area contributed by atoms with Gasteiger partial charge < -0.3 is 14.6 Å². The highest BCUT2D eigenvalue weighted by Crippen LogP contribution is 2.16. The molecule has 0 saturated carbocycles. The standard InChI is InChI=1S/C19H25N5O3S2/c1-21-19(23-29(25,26)18-6-4-5-15(11-18)12-20)22-9-10-28-14-17-8-7-16(27-17)13-24(2)3/h4-8,11H,9-10,13-14H2,1-3H3,(H2,21,22,23). The van der Waals surface area contributed by atoms with Gasteiger partial charge in [0, 0.05) is 19.3 Å². The van der Waals surface area contributed by atoms with Crippen molar-refractivity contribution in [2.24, 2.45) is 4.99 Å². The Kier molecular flexibility index (Phi) is 8.57. The Labute approximate surface area is 176 Å². The number of nitrogens with one attached hydrogen (secondary N) is 2. The largest absolute Gasteiger partial charge is 0.464 e. The van der Waals surface area contributed by atoms with Crippen LogP contribution >= 0.6 is 11.8 Å². The molecule has 0 fully saturated rings. The molecule has 8 nitrogen and oxygen atoms in total. The lowest BCUT2D eigenvalue weighted by molar-refractivity contribution is 0.344. The van der Waals surface area contributed by atoms with Crippen molar-refractivity contribution in [3.05, 3.63) is 53.5 Å². The molecule has 29 heavy (non-hydrogen) atoms. The Bertz CT molecular complexity index is 978. The first-order chi connectivity index (χ1) is 13.8. The molecule has 0 aliphatic heterocycles. The van der Waals surface area contributed by atoms with Gasteiger partial charge in [0.25, 0.3) is 10.0 Å². The van der Waals surface area contributed by atoms with Crippen LogP contribution in [0.25, 0.3) is 0 Å². The first-order valence-corrected chi connectivity index (χ1v) is 11.5. The molecule has 0 amide bonds. The summed E-state index contributed by atoms with van der Waals surface area (Å²) in [5, 5.41) is 11.9. The van der Waals surface area contributed by atoms with Crippen molar-refractivity contribution in [2.45, 2.75) is 17.2 Å². The molecule has 2 aromatic rings. The van der Waals surface area contributed by atoms with Crippen LogP contribution in [-0.4, -0.2) is 52.7 Å². The second-order valence-corrected chi connectivity index (χ2v) is 9.19. The molecule has 0 saturated heterocycles. The maximum Gasteiger partial charge on any atom is 0.264 e. The van der Waals surface area contributed by atoms with E-state index in [0.717, 1.165) is 29.6 Å². The summed E-state index contributed by atoms with van der Waals surface area (Å²) >= 11 is 1.67. The van der Waals surface area contributed by atoms with Gasteiger partial charge in [-0.15, -0.1) is 0 Å². The van der Waals surface area contributed by atoms with Crippen LogP contribution in [0.5, 0.6) is 0 Å². The average molecular weight is 436 g/mol. The number of thioether (sulfide) groups is 1. The van der Waals surface area contributed by atoms with Crippen LogP contribution in [0, 0.1) is 11.3 Å². The van der Waals surface area contributed by atoms with E-state index in [-0.39, 0.29) is 16.4 Å². The van der Waals surface area contributed by atoms with Gasteiger partial charge in [-0.05, 0) is 44.4 Å². The normalized spacial score (nSPS) is 12.0. The first kappa shape index (κ1) is 22.8. The molecule has 0 radical (unpaired) electrons. The van der Waals surface area contributed by atoms with Crippen LogP contribution < -0.4 is 10.0 Å². The van der Waals surface area contributed by atoms with Crippen molar-refractivity contribution >= 4 is 27.7 Å². The molecule has 0 atom stereocenters. The van der Waals surface area contributed by atoms with Gasteiger partial charge in [-0.2, -0.15) is 17.0 Å². The lowest BCUT2D eigenvalue weighted by Crippen LogP contribution is -2.41. The van der Waals surface area contributed by atoms with E-state index in [1.165, 1.54) is 25.2 Å². The minimum absolute atomic E-state index is 0.0141. The fraction of sp³-hybridized carbons (Fsp3) is 0.368. The number of benzene rings is 1. The van der Waals surface area contributed by atoms with Crippen molar-refractivity contribution in [3.63, 3.8) is 0 Å². The van der Waals surface area contributed by atoms with E-state index in [9.17, 15) is 8.42 Å². The van der Waals surface area contributed by atoms with E-state index in [4.69, 9.17) is 9.68 Å². The SMILES string of the molecule is CN=C(NCCSCc1ccc(CN(C)C)o1)NS(=O)(=O)c1cccc(C#N)c1. The number of guanidine groups is 1. The summed E-state index contributed by atoms with van der Waals surface area (Å²) in [7, 11) is 1.66. The van der Waals surface area contributed by atoms with Crippen molar-refractivity contribution in [3.8, 4) is 6.07 Å². The zero-order valence-corrected chi connectivity index (χ0v) is 18.3. The molecule has 1 aromatic carbocycles. The second-order valence-electron chi connectivity index (χ2n) is 6.40. The molecule has 0 bridgehead atoms. The zero-order valence-electron chi connectivity index (χ0n) is 16.7. The van der Waals surface area contributed by atoms with E-state index >= 15 is 0 Å². The average Bonchev–Trinajstić information content (AvgIpc) is 3.13. The monoisotopic (exact) mass is 435 g/mol. The van der Waals surface area contributed by atoms with Gasteiger partial charge in [-0.3, -0.25) is 4.99 Å². The van der Waals surface area contributed by atoms with Crippen LogP contribution in [-0.2, 0) is 22.3 Å². The predicted octanol–water partition coefficient (Wildman–Crippen LogP) is 2.00. The number of furan rings is 1. The molecule has 0 aliphatic rings. The van der Waals surface area contributed by atoms with Crippen LogP contribution in [0.4, 0.5) is 0 Å². The highest BCUT2D eigenvalue weighted by molar-refractivity contribution is 7.98. The Morgan fingerprint density at radius 2 is 2.03 bits per heavy atom. The van der Waals surface area contributed by atoms with Crippen molar-refractivity contribution in [1.29, 1.82) is 5.26 Å². The summed E-state index contributed by atoms with van der Waals surface area (Å²) in [4.78, 5) is 6.00. The number of hydrogen-bond acceptors (Lipinski definition) is 7. The van der Waals surface area contributed by atoms with E-state index < -0.39 is 10.0 Å². The lowest BCUT2D eigenvalue weighted by Gasteiger charge is -2.12. The molecule has 156 valence electrons. The van der Waals surface area contributed by atoms with E-state index in [2.05, 4.69) is 15.0 Å². The number of aliphatic imine (C=N–C) groups is 1. The molecule has 0 aliphatic carbocycles. The fourth-order valence-electron chi connectivity index (χ4n) is 2.39. The third kappa shape index (κ3) is 7.45. The van der Waals surface area contributed by atoms with Gasteiger partial charge in [0.15, 0.2) is 0 Å². The molecule has 2 rings (SSSR count). The summed E-state index contributed by atoms with van der Waals surface area (Å²) in [6.07, 6.45) is 0. The topological polar surface area (TPSA) is 111 Å². The summed E-state index contributed by atoms with van der Waals surface area (Å²) in [5.74, 6) is 3.47. The van der Waals surface area contributed by atoms with Gasteiger partial charge in [0.2, 0.25) is 5.96 Å². The van der Waals surface area contributed by atoms with Crippen molar-refractivity contribution in [1.82, 2.24) is 14.9 Å². The summed E-state index contributed by atoms with van der Waals surface area (Å²) < 4.78 is 33.1. The fourth-order valence-corrected chi connectivity index (χ4v) is 4.21. The predicted molar refractivity (Wildman–Crippen MR) is 115 cm³/mol. The maximum atomic E-state index is 12.5. The Morgan fingerprint density at radius 3 is 2.72 bits per heavy atom. The smallest absolute Gasteiger partial charge is 0.264 e. The summed E-state index contributed by atoms with van der Waals surface area (Å²) in [5.41, 5.74) is 0.277.